The maximum absolute atomic E-state index is 10.1. The van der Waals surface area contributed by atoms with E-state index in [9.17, 15) is 15.3 Å². The quantitative estimate of drug-likeness (QED) is 0.749. The monoisotopic (exact) mass is 267 g/mol. The van der Waals surface area contributed by atoms with Gasteiger partial charge in [-0.2, -0.15) is 0 Å². The summed E-state index contributed by atoms with van der Waals surface area (Å²) in [6, 6.07) is 5.30. The summed E-state index contributed by atoms with van der Waals surface area (Å²) in [5, 5.41) is 29.1. The second kappa shape index (κ2) is 5.77. The average Bonchev–Trinajstić information content (AvgIpc) is 2.39. The fourth-order valence-electron chi connectivity index (χ4n) is 2.56. The number of ether oxygens (including phenoxy) is 1. The van der Waals surface area contributed by atoms with Gasteiger partial charge >= 0.3 is 0 Å². The molecule has 106 valence electrons. The van der Waals surface area contributed by atoms with Crippen molar-refractivity contribution in [2.45, 2.75) is 25.0 Å². The summed E-state index contributed by atoms with van der Waals surface area (Å²) < 4.78 is 5.00. The van der Waals surface area contributed by atoms with Crippen LogP contribution in [-0.4, -0.2) is 52.6 Å². The molecule has 1 aliphatic heterocycles. The van der Waals surface area contributed by atoms with Gasteiger partial charge in [-0.3, -0.25) is 4.90 Å². The number of methoxy groups -OCH3 is 1. The van der Waals surface area contributed by atoms with Gasteiger partial charge in [-0.15, -0.1) is 0 Å². The molecule has 0 unspecified atom stereocenters. The van der Waals surface area contributed by atoms with Crippen LogP contribution in [-0.2, 0) is 6.54 Å². The Bertz CT molecular complexity index is 437. The summed E-state index contributed by atoms with van der Waals surface area (Å²) >= 11 is 0. The number of aromatic hydroxyl groups is 1. The van der Waals surface area contributed by atoms with E-state index in [4.69, 9.17) is 4.74 Å². The van der Waals surface area contributed by atoms with E-state index in [2.05, 4.69) is 4.90 Å². The van der Waals surface area contributed by atoms with Gasteiger partial charge in [0.1, 0.15) is 5.60 Å². The number of phenols is 1. The number of aliphatic hydroxyl groups excluding tert-OH is 1. The van der Waals surface area contributed by atoms with Crippen molar-refractivity contribution >= 4 is 0 Å². The highest BCUT2D eigenvalue weighted by Crippen LogP contribution is 2.28. The number of β-amino-alcohol motifs (C(OH)–C–C–N with tert-alkyl or cyclic N) is 1. The number of hydrogen-bond donors (Lipinski definition) is 3. The Morgan fingerprint density at radius 3 is 2.84 bits per heavy atom. The summed E-state index contributed by atoms with van der Waals surface area (Å²) in [5.74, 6) is 0.573. The molecule has 0 bridgehead atoms. The molecule has 1 atom stereocenters. The van der Waals surface area contributed by atoms with E-state index < -0.39 is 5.60 Å². The molecule has 1 fully saturated rings. The Kier molecular flexibility index (Phi) is 4.29. The number of benzene rings is 1. The normalized spacial score (nSPS) is 24.4. The minimum atomic E-state index is -0.993. The molecule has 0 saturated carbocycles. The second-order valence-corrected chi connectivity index (χ2v) is 5.20. The number of aliphatic hydroxyl groups is 2. The van der Waals surface area contributed by atoms with E-state index in [0.29, 0.717) is 25.3 Å². The van der Waals surface area contributed by atoms with Gasteiger partial charge in [-0.1, -0.05) is 6.07 Å². The van der Waals surface area contributed by atoms with E-state index in [1.165, 1.54) is 7.11 Å². The molecule has 0 amide bonds. The zero-order valence-electron chi connectivity index (χ0n) is 11.2. The molecule has 1 saturated heterocycles. The third-order valence-electron chi connectivity index (χ3n) is 3.58. The van der Waals surface area contributed by atoms with Crippen LogP contribution >= 0.6 is 0 Å². The molecule has 0 aliphatic carbocycles. The molecule has 19 heavy (non-hydrogen) atoms. The van der Waals surface area contributed by atoms with Crippen molar-refractivity contribution in [3.63, 3.8) is 0 Å². The van der Waals surface area contributed by atoms with Crippen LogP contribution in [0.5, 0.6) is 11.5 Å². The first-order valence-corrected chi connectivity index (χ1v) is 6.48. The first-order valence-electron chi connectivity index (χ1n) is 6.48. The topological polar surface area (TPSA) is 73.2 Å². The van der Waals surface area contributed by atoms with Crippen LogP contribution in [0.3, 0.4) is 0 Å². The Morgan fingerprint density at radius 1 is 1.42 bits per heavy atom. The molecule has 0 aromatic heterocycles. The van der Waals surface area contributed by atoms with E-state index in [1.54, 1.807) is 12.1 Å². The van der Waals surface area contributed by atoms with Gasteiger partial charge in [0.15, 0.2) is 11.5 Å². The van der Waals surface area contributed by atoms with Gasteiger partial charge in [0.05, 0.1) is 13.7 Å². The Morgan fingerprint density at radius 2 is 2.21 bits per heavy atom. The molecule has 1 aromatic rings. The lowest BCUT2D eigenvalue weighted by atomic mass is 9.93. The van der Waals surface area contributed by atoms with Gasteiger partial charge in [0.25, 0.3) is 0 Å². The third kappa shape index (κ3) is 3.37. The number of nitrogens with zero attached hydrogens (tertiary/aromatic N) is 1. The average molecular weight is 267 g/mol. The molecule has 5 nitrogen and oxygen atoms in total. The van der Waals surface area contributed by atoms with Crippen molar-refractivity contribution in [3.05, 3.63) is 23.8 Å². The molecular weight excluding hydrogens is 246 g/mol. The van der Waals surface area contributed by atoms with E-state index in [1.807, 2.05) is 6.07 Å². The standard InChI is InChI=1S/C14H21NO4/c1-19-13-4-3-11(7-12(13)17)8-15-6-2-5-14(18,9-15)10-16/h3-4,7,16-18H,2,5-6,8-10H2,1H3/t14-/m1/s1. The highest BCUT2D eigenvalue weighted by molar-refractivity contribution is 5.41. The van der Waals surface area contributed by atoms with Crippen LogP contribution in [0.1, 0.15) is 18.4 Å². The molecule has 0 spiro atoms. The van der Waals surface area contributed by atoms with Crippen molar-refractivity contribution in [2.24, 2.45) is 0 Å². The lowest BCUT2D eigenvalue weighted by molar-refractivity contribution is -0.0687. The summed E-state index contributed by atoms with van der Waals surface area (Å²) in [4.78, 5) is 2.08. The molecular formula is C14H21NO4. The summed E-state index contributed by atoms with van der Waals surface area (Å²) in [7, 11) is 1.51. The number of piperidine rings is 1. The van der Waals surface area contributed by atoms with Crippen LogP contribution in [0, 0.1) is 0 Å². The van der Waals surface area contributed by atoms with E-state index in [-0.39, 0.29) is 12.4 Å². The maximum atomic E-state index is 10.1. The first kappa shape index (κ1) is 14.1. The summed E-state index contributed by atoms with van der Waals surface area (Å²) in [6.07, 6.45) is 1.49. The van der Waals surface area contributed by atoms with Crippen LogP contribution in [0.15, 0.2) is 18.2 Å². The Labute approximate surface area is 113 Å². The minimum absolute atomic E-state index is 0.120. The molecule has 0 radical (unpaired) electrons. The first-order chi connectivity index (χ1) is 9.06. The molecule has 2 rings (SSSR count). The number of phenolic OH excluding ortho intramolecular Hbond substituents is 1. The van der Waals surface area contributed by atoms with Gasteiger partial charge < -0.3 is 20.1 Å². The summed E-state index contributed by atoms with van der Waals surface area (Å²) in [6.45, 7) is 1.77. The highest BCUT2D eigenvalue weighted by Gasteiger charge is 2.32. The SMILES string of the molecule is COc1ccc(CN2CCC[C@](O)(CO)C2)cc1O. The highest BCUT2D eigenvalue weighted by atomic mass is 16.5. The Hall–Kier alpha value is -1.30. The van der Waals surface area contributed by atoms with E-state index >= 15 is 0 Å². The fourth-order valence-corrected chi connectivity index (χ4v) is 2.56. The van der Waals surface area contributed by atoms with Crippen LogP contribution in [0.4, 0.5) is 0 Å². The second-order valence-electron chi connectivity index (χ2n) is 5.20. The van der Waals surface area contributed by atoms with Gasteiger partial charge in [-0.25, -0.2) is 0 Å². The van der Waals surface area contributed by atoms with E-state index in [0.717, 1.165) is 18.5 Å². The van der Waals surface area contributed by atoms with Crippen molar-refractivity contribution in [1.29, 1.82) is 0 Å². The largest absolute Gasteiger partial charge is 0.504 e. The molecule has 1 aromatic carbocycles. The van der Waals surface area contributed by atoms with Crippen molar-refractivity contribution in [1.82, 2.24) is 4.90 Å². The molecule has 5 heteroatoms. The zero-order valence-corrected chi connectivity index (χ0v) is 11.2. The van der Waals surface area contributed by atoms with Crippen LogP contribution in [0.25, 0.3) is 0 Å². The fraction of sp³-hybridized carbons (Fsp3) is 0.571. The van der Waals surface area contributed by atoms with Gasteiger partial charge in [-0.05, 0) is 37.1 Å². The Balaban J connectivity index is 2.03. The predicted octanol–water partition coefficient (Wildman–Crippen LogP) is 0.720. The lowest BCUT2D eigenvalue weighted by Crippen LogP contribution is -2.49. The summed E-state index contributed by atoms with van der Waals surface area (Å²) in [5.41, 5.74) is -0.0345. The number of likely N-dealkylation sites (tertiary alicyclic amines) is 1. The van der Waals surface area contributed by atoms with Crippen LogP contribution in [0.2, 0.25) is 0 Å². The lowest BCUT2D eigenvalue weighted by Gasteiger charge is -2.38. The maximum Gasteiger partial charge on any atom is 0.160 e. The van der Waals surface area contributed by atoms with Crippen molar-refractivity contribution in [3.8, 4) is 11.5 Å². The number of hydrogen-bond acceptors (Lipinski definition) is 5. The van der Waals surface area contributed by atoms with Crippen LogP contribution < -0.4 is 4.74 Å². The predicted molar refractivity (Wildman–Crippen MR) is 71.2 cm³/mol. The van der Waals surface area contributed by atoms with Gasteiger partial charge in [0, 0.05) is 13.1 Å². The smallest absolute Gasteiger partial charge is 0.160 e. The minimum Gasteiger partial charge on any atom is -0.504 e. The third-order valence-corrected chi connectivity index (χ3v) is 3.58. The molecule has 1 heterocycles. The molecule has 3 N–H and O–H groups in total. The zero-order chi connectivity index (χ0) is 13.9. The molecule has 1 aliphatic rings. The van der Waals surface area contributed by atoms with Gasteiger partial charge in [0.2, 0.25) is 0 Å². The van der Waals surface area contributed by atoms with Crippen molar-refractivity contribution in [2.75, 3.05) is 26.8 Å². The number of rotatable bonds is 4. The van der Waals surface area contributed by atoms with Crippen molar-refractivity contribution < 1.29 is 20.1 Å².